The fourth-order valence-electron chi connectivity index (χ4n) is 5.11. The van der Waals surface area contributed by atoms with Gasteiger partial charge < -0.3 is 15.1 Å². The van der Waals surface area contributed by atoms with Gasteiger partial charge in [-0.2, -0.15) is 13.2 Å². The van der Waals surface area contributed by atoms with Crippen molar-refractivity contribution in [2.75, 3.05) is 29.4 Å². The van der Waals surface area contributed by atoms with E-state index in [4.69, 9.17) is 0 Å². The minimum atomic E-state index is -4.42. The molecule has 1 N–H and O–H groups in total. The van der Waals surface area contributed by atoms with Crippen molar-refractivity contribution in [3.05, 3.63) is 89.2 Å². The Kier molecular flexibility index (Phi) is 6.13. The molecule has 35 heavy (non-hydrogen) atoms. The fraction of sp³-hybridized carbons (Fsp3) is 0.333. The second-order valence-corrected chi connectivity index (χ2v) is 9.27. The average Bonchev–Trinajstić information content (AvgIpc) is 2.86. The molecule has 1 fully saturated rings. The van der Waals surface area contributed by atoms with Crippen molar-refractivity contribution < 1.29 is 18.0 Å². The van der Waals surface area contributed by atoms with Crippen LogP contribution in [0.2, 0.25) is 0 Å². The van der Waals surface area contributed by atoms with E-state index in [1.165, 1.54) is 11.6 Å². The van der Waals surface area contributed by atoms with E-state index in [1.807, 2.05) is 13.0 Å². The number of halogens is 3. The quantitative estimate of drug-likeness (QED) is 0.594. The van der Waals surface area contributed by atoms with Gasteiger partial charge in [0.1, 0.15) is 0 Å². The lowest BCUT2D eigenvalue weighted by molar-refractivity contribution is -0.137. The highest BCUT2D eigenvalue weighted by molar-refractivity contribution is 5.82. The molecular formula is C27H27F3N4O. The molecule has 2 unspecified atom stereocenters. The van der Waals surface area contributed by atoms with Gasteiger partial charge in [0.05, 0.1) is 17.5 Å². The number of nitrogens with one attached hydrogen (secondary N) is 1. The number of rotatable bonds is 4. The molecule has 1 amide bonds. The van der Waals surface area contributed by atoms with Gasteiger partial charge in [-0.05, 0) is 60.9 Å². The summed E-state index contributed by atoms with van der Waals surface area (Å²) in [4.78, 5) is 21.9. The summed E-state index contributed by atoms with van der Waals surface area (Å²) in [5.41, 5.74) is 3.82. The van der Waals surface area contributed by atoms with E-state index in [1.54, 1.807) is 24.5 Å². The minimum absolute atomic E-state index is 0.150. The zero-order valence-corrected chi connectivity index (χ0v) is 19.4. The summed E-state index contributed by atoms with van der Waals surface area (Å²) in [6.07, 6.45) is -0.797. The van der Waals surface area contributed by atoms with Gasteiger partial charge >= 0.3 is 6.18 Å². The van der Waals surface area contributed by atoms with Crippen molar-refractivity contribution in [3.63, 3.8) is 0 Å². The SMILES string of the molecule is Cc1ccc(N2CCN3c4ccc(C(F)(F)F)cc4CC(C(=O)NCc4cccnc4)C3C2)cc1. The Hall–Kier alpha value is -3.55. The highest BCUT2D eigenvalue weighted by Crippen LogP contribution is 2.40. The molecule has 8 heteroatoms. The molecule has 182 valence electrons. The normalized spacial score (nSPS) is 19.7. The number of amides is 1. The summed E-state index contributed by atoms with van der Waals surface area (Å²) in [6.45, 7) is 4.34. The van der Waals surface area contributed by atoms with Gasteiger partial charge in [-0.15, -0.1) is 0 Å². The van der Waals surface area contributed by atoms with Crippen molar-refractivity contribution in [1.29, 1.82) is 0 Å². The molecule has 1 saturated heterocycles. The molecule has 0 radical (unpaired) electrons. The molecule has 2 aliphatic rings. The Balaban J connectivity index is 1.44. The van der Waals surface area contributed by atoms with Crippen LogP contribution in [-0.4, -0.2) is 36.6 Å². The molecule has 0 bridgehead atoms. The average molecular weight is 481 g/mol. The summed E-state index contributed by atoms with van der Waals surface area (Å²) in [6, 6.07) is 15.7. The standard InChI is InChI=1S/C27H27F3N4O/c1-18-4-7-22(8-5-18)33-11-12-34-24-9-6-21(27(28,29)30)13-20(24)14-23(25(34)17-33)26(35)32-16-19-3-2-10-31-15-19/h2-10,13,15,23,25H,11-12,14,16-17H2,1H3,(H,32,35). The molecule has 2 aliphatic heterocycles. The molecule has 1 aromatic heterocycles. The van der Waals surface area contributed by atoms with Gasteiger partial charge in [0.15, 0.2) is 0 Å². The number of aromatic nitrogens is 1. The lowest BCUT2D eigenvalue weighted by Gasteiger charge is -2.49. The van der Waals surface area contributed by atoms with E-state index in [0.29, 0.717) is 25.2 Å². The van der Waals surface area contributed by atoms with Gasteiger partial charge in [-0.25, -0.2) is 0 Å². The number of anilines is 2. The Morgan fingerprint density at radius 2 is 1.91 bits per heavy atom. The number of pyridine rings is 1. The van der Waals surface area contributed by atoms with Gasteiger partial charge in [-0.1, -0.05) is 23.8 Å². The first-order valence-electron chi connectivity index (χ1n) is 11.7. The van der Waals surface area contributed by atoms with Crippen LogP contribution in [0.25, 0.3) is 0 Å². The minimum Gasteiger partial charge on any atom is -0.368 e. The molecule has 5 nitrogen and oxygen atoms in total. The number of fused-ring (bicyclic) bond motifs is 3. The van der Waals surface area contributed by atoms with Crippen LogP contribution in [-0.2, 0) is 23.9 Å². The van der Waals surface area contributed by atoms with E-state index >= 15 is 0 Å². The summed E-state index contributed by atoms with van der Waals surface area (Å²) < 4.78 is 40.3. The Bertz CT molecular complexity index is 1200. The molecule has 2 aromatic carbocycles. The van der Waals surface area contributed by atoms with Crippen molar-refractivity contribution in [3.8, 4) is 0 Å². The number of hydrogen-bond donors (Lipinski definition) is 1. The third kappa shape index (κ3) is 4.83. The number of aryl methyl sites for hydroxylation is 1. The molecular weight excluding hydrogens is 453 g/mol. The number of carbonyl (C=O) groups is 1. The van der Waals surface area contributed by atoms with E-state index in [0.717, 1.165) is 29.5 Å². The van der Waals surface area contributed by atoms with Crippen LogP contribution in [0.3, 0.4) is 0 Å². The smallest absolute Gasteiger partial charge is 0.368 e. The van der Waals surface area contributed by atoms with Gasteiger partial charge in [0.2, 0.25) is 5.91 Å². The summed E-state index contributed by atoms with van der Waals surface area (Å²) in [7, 11) is 0. The predicted molar refractivity (Wildman–Crippen MR) is 129 cm³/mol. The number of carbonyl (C=O) groups excluding carboxylic acids is 1. The Morgan fingerprint density at radius 3 is 2.63 bits per heavy atom. The van der Waals surface area contributed by atoms with E-state index in [9.17, 15) is 18.0 Å². The summed E-state index contributed by atoms with van der Waals surface area (Å²) in [5, 5.41) is 2.99. The maximum absolute atomic E-state index is 13.4. The first-order valence-corrected chi connectivity index (χ1v) is 11.7. The van der Waals surface area contributed by atoms with Crippen molar-refractivity contribution in [2.45, 2.75) is 32.1 Å². The van der Waals surface area contributed by atoms with Crippen LogP contribution in [0.1, 0.15) is 22.3 Å². The van der Waals surface area contributed by atoms with E-state index in [2.05, 4.69) is 44.4 Å². The first-order chi connectivity index (χ1) is 16.8. The third-order valence-corrected chi connectivity index (χ3v) is 6.96. The number of hydrogen-bond acceptors (Lipinski definition) is 4. The zero-order chi connectivity index (χ0) is 24.6. The Morgan fingerprint density at radius 1 is 1.11 bits per heavy atom. The monoisotopic (exact) mass is 480 g/mol. The topological polar surface area (TPSA) is 48.5 Å². The van der Waals surface area contributed by atoms with Crippen molar-refractivity contribution in [1.82, 2.24) is 10.3 Å². The molecule has 3 aromatic rings. The number of piperazine rings is 1. The zero-order valence-electron chi connectivity index (χ0n) is 19.4. The van der Waals surface area contributed by atoms with Crippen LogP contribution in [0.5, 0.6) is 0 Å². The fourth-order valence-corrected chi connectivity index (χ4v) is 5.11. The van der Waals surface area contributed by atoms with Crippen LogP contribution in [0.4, 0.5) is 24.5 Å². The predicted octanol–water partition coefficient (Wildman–Crippen LogP) is 4.59. The highest BCUT2D eigenvalue weighted by atomic mass is 19.4. The number of alkyl halides is 3. The van der Waals surface area contributed by atoms with Gasteiger partial charge in [0, 0.05) is 49.9 Å². The number of nitrogens with zero attached hydrogens (tertiary/aromatic N) is 3. The maximum atomic E-state index is 13.4. The molecule has 5 rings (SSSR count). The van der Waals surface area contributed by atoms with Crippen LogP contribution >= 0.6 is 0 Å². The molecule has 0 saturated carbocycles. The van der Waals surface area contributed by atoms with Crippen LogP contribution < -0.4 is 15.1 Å². The highest BCUT2D eigenvalue weighted by Gasteiger charge is 2.42. The summed E-state index contributed by atoms with van der Waals surface area (Å²) in [5.74, 6) is -0.631. The maximum Gasteiger partial charge on any atom is 0.416 e. The Labute approximate surface area is 202 Å². The first kappa shape index (κ1) is 23.2. The molecule has 2 atom stereocenters. The van der Waals surface area contributed by atoms with E-state index < -0.39 is 17.7 Å². The second-order valence-electron chi connectivity index (χ2n) is 9.27. The number of benzene rings is 2. The van der Waals surface area contributed by atoms with Crippen LogP contribution in [0, 0.1) is 12.8 Å². The third-order valence-electron chi connectivity index (χ3n) is 6.96. The second kappa shape index (κ2) is 9.24. The van der Waals surface area contributed by atoms with Crippen LogP contribution in [0.15, 0.2) is 67.0 Å². The lowest BCUT2D eigenvalue weighted by atomic mass is 9.82. The van der Waals surface area contributed by atoms with Gasteiger partial charge in [0.25, 0.3) is 0 Å². The van der Waals surface area contributed by atoms with Gasteiger partial charge in [-0.3, -0.25) is 9.78 Å². The molecule has 3 heterocycles. The lowest BCUT2D eigenvalue weighted by Crippen LogP contribution is -2.61. The molecule has 0 aliphatic carbocycles. The molecule has 0 spiro atoms. The van der Waals surface area contributed by atoms with Crippen molar-refractivity contribution >= 4 is 17.3 Å². The van der Waals surface area contributed by atoms with Crippen molar-refractivity contribution in [2.24, 2.45) is 5.92 Å². The van der Waals surface area contributed by atoms with E-state index in [-0.39, 0.29) is 18.4 Å². The summed E-state index contributed by atoms with van der Waals surface area (Å²) >= 11 is 0. The largest absolute Gasteiger partial charge is 0.416 e.